The van der Waals surface area contributed by atoms with E-state index in [9.17, 15) is 14.5 Å². The molecule has 6 nitrogen and oxygen atoms in total. The van der Waals surface area contributed by atoms with Gasteiger partial charge in [0.15, 0.2) is 0 Å². The summed E-state index contributed by atoms with van der Waals surface area (Å²) < 4.78 is 8.17. The zero-order valence-corrected chi connectivity index (χ0v) is 25.0. The van der Waals surface area contributed by atoms with Crippen LogP contribution in [0.4, 0.5) is 0 Å². The van der Waals surface area contributed by atoms with Crippen molar-refractivity contribution < 1.29 is 14.3 Å². The molecule has 3 aliphatic rings. The molecule has 1 aromatic carbocycles. The molecular weight excluding hydrogens is 496 g/mol. The monoisotopic (exact) mass is 542 g/mol. The number of hydrogen-bond donors (Lipinski definition) is 0. The molecule has 2 saturated carbocycles. The Morgan fingerprint density at radius 3 is 2.63 bits per heavy atom. The van der Waals surface area contributed by atoms with Crippen LogP contribution in [-0.4, -0.2) is 34.6 Å². The van der Waals surface area contributed by atoms with Crippen LogP contribution in [0.25, 0.3) is 0 Å². The van der Waals surface area contributed by atoms with Crippen LogP contribution >= 0.6 is 11.9 Å². The number of esters is 1. The molecule has 38 heavy (non-hydrogen) atoms. The smallest absolute Gasteiger partial charge is 0.311 e. The Balaban J connectivity index is 1.36. The molecule has 7 heteroatoms. The van der Waals surface area contributed by atoms with Gasteiger partial charge >= 0.3 is 5.97 Å². The minimum atomic E-state index is -0.485. The van der Waals surface area contributed by atoms with E-state index in [-0.39, 0.29) is 30.6 Å². The minimum Gasteiger partial charge on any atom is -0.427 e. The summed E-state index contributed by atoms with van der Waals surface area (Å²) in [5, 5.41) is 0. The third-order valence-electron chi connectivity index (χ3n) is 9.92. The number of fused-ring (bicyclic) bond motifs is 5. The number of nitroso groups, excluding NO2 is 1. The van der Waals surface area contributed by atoms with Crippen molar-refractivity contribution in [1.29, 1.82) is 0 Å². The first-order valence-corrected chi connectivity index (χ1v) is 15.3. The van der Waals surface area contributed by atoms with E-state index < -0.39 is 4.75 Å². The van der Waals surface area contributed by atoms with Crippen LogP contribution in [0.2, 0.25) is 0 Å². The molecule has 0 aromatic heterocycles. The predicted molar refractivity (Wildman–Crippen MR) is 154 cm³/mol. The van der Waals surface area contributed by atoms with Gasteiger partial charge in [0.2, 0.25) is 5.91 Å². The zero-order chi connectivity index (χ0) is 27.7. The normalized spacial score (nSPS) is 28.3. The molecular formula is C31H46N2O4S. The maximum Gasteiger partial charge on any atom is 0.311 e. The van der Waals surface area contributed by atoms with Gasteiger partial charge in [-0.1, -0.05) is 40.2 Å². The summed E-state index contributed by atoms with van der Waals surface area (Å²) in [5.74, 6) is 1.74. The van der Waals surface area contributed by atoms with Crippen LogP contribution < -0.4 is 4.74 Å². The molecule has 4 rings (SSSR count). The fourth-order valence-electron chi connectivity index (χ4n) is 7.86. The van der Waals surface area contributed by atoms with Gasteiger partial charge in [-0.15, -0.1) is 4.91 Å². The average molecular weight is 543 g/mol. The summed E-state index contributed by atoms with van der Waals surface area (Å²) >= 11 is 0.938. The van der Waals surface area contributed by atoms with E-state index in [1.165, 1.54) is 49.7 Å². The van der Waals surface area contributed by atoms with Crippen molar-refractivity contribution in [2.75, 3.05) is 13.1 Å². The van der Waals surface area contributed by atoms with E-state index >= 15 is 0 Å². The van der Waals surface area contributed by atoms with Crippen LogP contribution in [0.15, 0.2) is 22.8 Å². The standard InChI is InChI=1S/C31H46N2O4S/c1-21(2)19-33(20-29(3,4)38-32-36)27(34)12-13-28(35)37-23-9-10-24-22(18-23)8-11-26-25(24)14-17-30(5)15-7-16-31(26,30)6/h9-10,18,21,25-26H,7-8,11-17,19-20H2,1-6H3. The number of nitrogens with zero attached hydrogens (tertiary/aromatic N) is 2. The first-order chi connectivity index (χ1) is 17.9. The Labute approximate surface area is 233 Å². The number of carbonyl (C=O) groups is 2. The summed E-state index contributed by atoms with van der Waals surface area (Å²) in [6.07, 6.45) is 9.04. The SMILES string of the molecule is CC(C)CN(CC(C)(C)SN=O)C(=O)CCC(=O)Oc1ccc2c(c1)CCC1C2CCC2(C)CCCC12C. The number of benzene rings is 1. The molecule has 0 aliphatic heterocycles. The highest BCUT2D eigenvalue weighted by molar-refractivity contribution is 7.99. The van der Waals surface area contributed by atoms with Crippen LogP contribution in [0.1, 0.15) is 110 Å². The summed E-state index contributed by atoms with van der Waals surface area (Å²) in [6.45, 7) is 13.9. The van der Waals surface area contributed by atoms with Gasteiger partial charge in [0.25, 0.3) is 0 Å². The molecule has 4 unspecified atom stereocenters. The van der Waals surface area contributed by atoms with E-state index in [0.717, 1.165) is 24.3 Å². The van der Waals surface area contributed by atoms with Gasteiger partial charge in [-0.3, -0.25) is 9.59 Å². The van der Waals surface area contributed by atoms with Crippen molar-refractivity contribution in [3.63, 3.8) is 0 Å². The largest absolute Gasteiger partial charge is 0.427 e. The quantitative estimate of drug-likeness (QED) is 0.131. The number of amides is 1. The molecule has 0 saturated heterocycles. The molecule has 4 atom stereocenters. The Bertz CT molecular complexity index is 1060. The van der Waals surface area contributed by atoms with Crippen molar-refractivity contribution in [1.82, 2.24) is 4.90 Å². The Morgan fingerprint density at radius 1 is 1.16 bits per heavy atom. The highest BCUT2D eigenvalue weighted by Gasteiger charge is 2.57. The summed E-state index contributed by atoms with van der Waals surface area (Å²) in [7, 11) is 0. The third kappa shape index (κ3) is 5.97. The molecule has 0 spiro atoms. The molecule has 1 aromatic rings. The topological polar surface area (TPSA) is 76.0 Å². The maximum atomic E-state index is 13.0. The van der Waals surface area contributed by atoms with E-state index in [0.29, 0.717) is 35.6 Å². The second-order valence-corrected chi connectivity index (χ2v) is 15.0. The van der Waals surface area contributed by atoms with Crippen LogP contribution in [0.3, 0.4) is 0 Å². The van der Waals surface area contributed by atoms with Gasteiger partial charge < -0.3 is 9.64 Å². The molecule has 0 radical (unpaired) electrons. The Hall–Kier alpha value is -1.89. The molecule has 3 aliphatic carbocycles. The Morgan fingerprint density at radius 2 is 1.92 bits per heavy atom. The molecule has 2 fully saturated rings. The number of hydrogen-bond acceptors (Lipinski definition) is 6. The number of aryl methyl sites for hydroxylation is 1. The lowest BCUT2D eigenvalue weighted by molar-refractivity contribution is -0.139. The van der Waals surface area contributed by atoms with Crippen molar-refractivity contribution in [2.45, 2.75) is 110 Å². The van der Waals surface area contributed by atoms with E-state index in [4.69, 9.17) is 4.74 Å². The lowest BCUT2D eigenvalue weighted by Crippen LogP contribution is -2.47. The van der Waals surface area contributed by atoms with Gasteiger partial charge in [-0.2, -0.15) is 0 Å². The summed E-state index contributed by atoms with van der Waals surface area (Å²) in [5.41, 5.74) is 3.71. The first-order valence-electron chi connectivity index (χ1n) is 14.5. The van der Waals surface area contributed by atoms with E-state index in [2.05, 4.69) is 30.6 Å². The van der Waals surface area contributed by atoms with Gasteiger partial charge in [0, 0.05) is 36.0 Å². The second-order valence-electron chi connectivity index (χ2n) is 13.6. The maximum absolute atomic E-state index is 13.0. The van der Waals surface area contributed by atoms with Gasteiger partial charge in [-0.25, -0.2) is 0 Å². The highest BCUT2D eigenvalue weighted by atomic mass is 32.2. The van der Waals surface area contributed by atoms with Crippen molar-refractivity contribution in [2.24, 2.45) is 27.2 Å². The van der Waals surface area contributed by atoms with Crippen LogP contribution in [0, 0.1) is 27.6 Å². The molecule has 1 amide bonds. The molecule has 0 bridgehead atoms. The van der Waals surface area contributed by atoms with Gasteiger partial charge in [-0.05, 0) is 104 Å². The van der Waals surface area contributed by atoms with E-state index in [1.54, 1.807) is 4.90 Å². The molecule has 0 heterocycles. The van der Waals surface area contributed by atoms with Crippen LogP contribution in [0.5, 0.6) is 5.75 Å². The van der Waals surface area contributed by atoms with Gasteiger partial charge in [0.05, 0.1) is 11.2 Å². The molecule has 210 valence electrons. The summed E-state index contributed by atoms with van der Waals surface area (Å²) in [6, 6.07) is 6.21. The zero-order valence-electron chi connectivity index (χ0n) is 24.2. The fourth-order valence-corrected chi connectivity index (χ4v) is 8.27. The summed E-state index contributed by atoms with van der Waals surface area (Å²) in [4.78, 5) is 38.2. The number of rotatable bonds is 10. The lowest BCUT2D eigenvalue weighted by Gasteiger charge is -2.56. The second kappa shape index (κ2) is 11.3. The van der Waals surface area contributed by atoms with Crippen LogP contribution in [-0.2, 0) is 16.0 Å². The van der Waals surface area contributed by atoms with Gasteiger partial charge in [0.1, 0.15) is 5.75 Å². The van der Waals surface area contributed by atoms with Crippen molar-refractivity contribution in [3.05, 3.63) is 34.2 Å². The lowest BCUT2D eigenvalue weighted by atomic mass is 9.48. The van der Waals surface area contributed by atoms with Crippen molar-refractivity contribution >= 4 is 23.8 Å². The number of ether oxygens (including phenoxy) is 1. The third-order valence-corrected chi connectivity index (χ3v) is 10.6. The Kier molecular flexibility index (Phi) is 8.66. The molecule has 0 N–H and O–H groups in total. The highest BCUT2D eigenvalue weighted by Crippen LogP contribution is 2.67. The first kappa shape index (κ1) is 29.1. The van der Waals surface area contributed by atoms with E-state index in [1.807, 2.05) is 33.8 Å². The minimum absolute atomic E-state index is 0.0334. The average Bonchev–Trinajstić information content (AvgIpc) is 3.16. The van der Waals surface area contributed by atoms with Crippen molar-refractivity contribution in [3.8, 4) is 5.75 Å². The number of carbonyl (C=O) groups excluding carboxylic acids is 2. The fraction of sp³-hybridized carbons (Fsp3) is 0.742. The predicted octanol–water partition coefficient (Wildman–Crippen LogP) is 7.69.